The van der Waals surface area contributed by atoms with Crippen LogP contribution in [0.2, 0.25) is 0 Å². The molecule has 0 aromatic carbocycles. The van der Waals surface area contributed by atoms with E-state index in [0.29, 0.717) is 6.42 Å². The van der Waals surface area contributed by atoms with Crippen molar-refractivity contribution < 1.29 is 20.1 Å². The fourth-order valence-electron chi connectivity index (χ4n) is 6.69. The molecule has 1 amide bonds. The highest BCUT2D eigenvalue weighted by Gasteiger charge is 2.22. The molecule has 300 valence electrons. The molecule has 0 bridgehead atoms. The number of aliphatic hydroxyl groups excluding tert-OH is 3. The number of carbonyl (C=O) groups excluding carboxylic acids is 1. The zero-order valence-electron chi connectivity index (χ0n) is 34.0. The molecular formula is C46H87NO4. The molecular weight excluding hydrogens is 631 g/mol. The predicted octanol–water partition coefficient (Wildman–Crippen LogP) is 12.8. The summed E-state index contributed by atoms with van der Waals surface area (Å²) in [5.41, 5.74) is 0. The number of carbonyl (C=O) groups is 1. The number of rotatable bonds is 40. The molecule has 5 nitrogen and oxygen atoms in total. The molecule has 0 aromatic rings. The van der Waals surface area contributed by atoms with E-state index in [4.69, 9.17) is 0 Å². The second-order valence-electron chi connectivity index (χ2n) is 15.2. The van der Waals surface area contributed by atoms with Gasteiger partial charge in [0.2, 0.25) is 5.91 Å². The summed E-state index contributed by atoms with van der Waals surface area (Å²) in [7, 11) is 0. The Morgan fingerprint density at radius 1 is 0.471 bits per heavy atom. The van der Waals surface area contributed by atoms with Crippen molar-refractivity contribution in [2.45, 2.75) is 244 Å². The van der Waals surface area contributed by atoms with Crippen molar-refractivity contribution in [2.24, 2.45) is 0 Å². The Labute approximate surface area is 317 Å². The molecule has 51 heavy (non-hydrogen) atoms. The van der Waals surface area contributed by atoms with Crippen LogP contribution in [0.4, 0.5) is 0 Å². The van der Waals surface area contributed by atoms with Gasteiger partial charge in [-0.2, -0.15) is 0 Å². The van der Waals surface area contributed by atoms with Gasteiger partial charge < -0.3 is 20.6 Å². The van der Waals surface area contributed by atoms with Crippen LogP contribution in [0.3, 0.4) is 0 Å². The molecule has 4 N–H and O–H groups in total. The Morgan fingerprint density at radius 2 is 0.804 bits per heavy atom. The minimum atomic E-state index is -1.11. The third-order valence-corrected chi connectivity index (χ3v) is 10.2. The van der Waals surface area contributed by atoms with Crippen molar-refractivity contribution in [3.05, 3.63) is 36.5 Å². The first-order valence-electron chi connectivity index (χ1n) is 22.3. The molecule has 0 saturated heterocycles. The first-order chi connectivity index (χ1) is 25.1. The number of unbranched alkanes of at least 4 members (excludes halogenated alkanes) is 28. The molecule has 3 atom stereocenters. The Hall–Kier alpha value is -1.43. The van der Waals surface area contributed by atoms with Crippen LogP contribution in [0, 0.1) is 0 Å². The zero-order valence-corrected chi connectivity index (χ0v) is 34.0. The lowest BCUT2D eigenvalue weighted by Crippen LogP contribution is -2.48. The molecule has 0 radical (unpaired) electrons. The van der Waals surface area contributed by atoms with E-state index < -0.39 is 24.2 Å². The van der Waals surface area contributed by atoms with Crippen LogP contribution < -0.4 is 5.32 Å². The van der Waals surface area contributed by atoms with Crippen molar-refractivity contribution in [1.29, 1.82) is 0 Å². The lowest BCUT2D eigenvalue weighted by atomic mass is 10.0. The third kappa shape index (κ3) is 36.7. The van der Waals surface area contributed by atoms with E-state index in [1.54, 1.807) is 6.08 Å². The Balaban J connectivity index is 3.63. The summed E-state index contributed by atoms with van der Waals surface area (Å²) in [6, 6.07) is -0.817. The third-order valence-electron chi connectivity index (χ3n) is 10.2. The SMILES string of the molecule is CCCCC/C=C/CC/C=C/CC/C=C/C(O)C(CO)NC(=O)C(O)CCCCCCCCCCCCCCCCCCCCCCCCCC. The summed E-state index contributed by atoms with van der Waals surface area (Å²) < 4.78 is 0. The summed E-state index contributed by atoms with van der Waals surface area (Å²) >= 11 is 0. The van der Waals surface area contributed by atoms with E-state index in [1.165, 1.54) is 161 Å². The first kappa shape index (κ1) is 49.6. The highest BCUT2D eigenvalue weighted by molar-refractivity contribution is 5.80. The summed E-state index contributed by atoms with van der Waals surface area (Å²) in [5.74, 6) is -0.516. The van der Waals surface area contributed by atoms with Crippen molar-refractivity contribution in [3.63, 3.8) is 0 Å². The minimum absolute atomic E-state index is 0.380. The lowest BCUT2D eigenvalue weighted by Gasteiger charge is -2.21. The van der Waals surface area contributed by atoms with Gasteiger partial charge in [0.15, 0.2) is 0 Å². The smallest absolute Gasteiger partial charge is 0.249 e. The van der Waals surface area contributed by atoms with E-state index in [2.05, 4.69) is 43.5 Å². The summed E-state index contributed by atoms with van der Waals surface area (Å²) in [5, 5.41) is 33.0. The fraction of sp³-hybridized carbons (Fsp3) is 0.848. The topological polar surface area (TPSA) is 89.8 Å². The van der Waals surface area contributed by atoms with Gasteiger partial charge in [-0.3, -0.25) is 4.79 Å². The van der Waals surface area contributed by atoms with Gasteiger partial charge in [0.05, 0.1) is 18.8 Å². The van der Waals surface area contributed by atoms with Crippen LogP contribution in [0.25, 0.3) is 0 Å². The number of nitrogens with one attached hydrogen (secondary N) is 1. The van der Waals surface area contributed by atoms with Crippen LogP contribution in [0.15, 0.2) is 36.5 Å². The maximum absolute atomic E-state index is 12.4. The Bertz CT molecular complexity index is 794. The van der Waals surface area contributed by atoms with Gasteiger partial charge in [-0.1, -0.05) is 217 Å². The molecule has 3 unspecified atom stereocenters. The van der Waals surface area contributed by atoms with Crippen molar-refractivity contribution in [2.75, 3.05) is 6.61 Å². The largest absolute Gasteiger partial charge is 0.394 e. The first-order valence-corrected chi connectivity index (χ1v) is 22.3. The molecule has 0 spiro atoms. The number of amides is 1. The van der Waals surface area contributed by atoms with Crippen LogP contribution in [0.5, 0.6) is 0 Å². The lowest BCUT2D eigenvalue weighted by molar-refractivity contribution is -0.131. The number of hydrogen-bond acceptors (Lipinski definition) is 4. The number of allylic oxidation sites excluding steroid dienone is 5. The van der Waals surface area contributed by atoms with Gasteiger partial charge in [-0.15, -0.1) is 0 Å². The van der Waals surface area contributed by atoms with Crippen molar-refractivity contribution >= 4 is 5.91 Å². The van der Waals surface area contributed by atoms with Gasteiger partial charge in [-0.05, 0) is 44.9 Å². The normalized spacial score (nSPS) is 13.9. The zero-order chi connectivity index (χ0) is 37.3. The fourth-order valence-corrected chi connectivity index (χ4v) is 6.69. The highest BCUT2D eigenvalue weighted by Crippen LogP contribution is 2.16. The van der Waals surface area contributed by atoms with Gasteiger partial charge in [0, 0.05) is 0 Å². The molecule has 0 rings (SSSR count). The number of aliphatic hydroxyl groups is 3. The van der Waals surface area contributed by atoms with Crippen LogP contribution >= 0.6 is 0 Å². The van der Waals surface area contributed by atoms with E-state index in [-0.39, 0.29) is 6.61 Å². The summed E-state index contributed by atoms with van der Waals surface area (Å²) in [6.07, 6.45) is 51.9. The Kier molecular flexibility index (Phi) is 40.2. The molecule has 0 aliphatic rings. The van der Waals surface area contributed by atoms with Gasteiger partial charge in [-0.25, -0.2) is 0 Å². The summed E-state index contributed by atoms with van der Waals surface area (Å²) in [6.45, 7) is 4.14. The van der Waals surface area contributed by atoms with E-state index in [9.17, 15) is 20.1 Å². The average Bonchev–Trinajstić information content (AvgIpc) is 3.13. The predicted molar refractivity (Wildman–Crippen MR) is 222 cm³/mol. The van der Waals surface area contributed by atoms with E-state index in [0.717, 1.165) is 44.9 Å². The van der Waals surface area contributed by atoms with Crippen LogP contribution in [-0.4, -0.2) is 46.1 Å². The molecule has 0 aliphatic heterocycles. The van der Waals surface area contributed by atoms with E-state index in [1.807, 2.05) is 6.08 Å². The molecule has 0 saturated carbocycles. The maximum Gasteiger partial charge on any atom is 0.249 e. The molecule has 0 fully saturated rings. The van der Waals surface area contributed by atoms with Gasteiger partial charge in [0.1, 0.15) is 6.10 Å². The molecule has 0 aromatic heterocycles. The Morgan fingerprint density at radius 3 is 1.20 bits per heavy atom. The number of hydrogen-bond donors (Lipinski definition) is 4. The summed E-state index contributed by atoms with van der Waals surface area (Å²) in [4.78, 5) is 12.4. The van der Waals surface area contributed by atoms with Gasteiger partial charge >= 0.3 is 0 Å². The van der Waals surface area contributed by atoms with Crippen molar-refractivity contribution in [3.8, 4) is 0 Å². The minimum Gasteiger partial charge on any atom is -0.394 e. The quantitative estimate of drug-likeness (QED) is 0.0375. The molecule has 0 heterocycles. The van der Waals surface area contributed by atoms with E-state index >= 15 is 0 Å². The average molecular weight is 718 g/mol. The molecule has 0 aliphatic carbocycles. The maximum atomic E-state index is 12.4. The second-order valence-corrected chi connectivity index (χ2v) is 15.2. The standard InChI is InChI=1S/C46H87NO4/c1-3-5-7-9-11-13-15-17-18-19-20-21-22-23-24-25-26-27-29-31-33-35-37-39-41-45(50)46(51)47-43(42-48)44(49)40-38-36-34-32-30-28-16-14-12-10-8-6-4-2/h12,14,30,32,38,40,43-45,48-50H,3-11,13,15-29,31,33-37,39,41-42H2,1-2H3,(H,47,51)/b14-12+,32-30+,40-38+. The van der Waals surface area contributed by atoms with Gasteiger partial charge in [0.25, 0.3) is 0 Å². The molecule has 5 heteroatoms. The van der Waals surface area contributed by atoms with Crippen LogP contribution in [0.1, 0.15) is 226 Å². The highest BCUT2D eigenvalue weighted by atomic mass is 16.3. The second kappa shape index (κ2) is 41.3. The van der Waals surface area contributed by atoms with Crippen LogP contribution in [-0.2, 0) is 4.79 Å². The van der Waals surface area contributed by atoms with Crippen molar-refractivity contribution in [1.82, 2.24) is 5.32 Å². The monoisotopic (exact) mass is 718 g/mol.